The lowest BCUT2D eigenvalue weighted by Crippen LogP contribution is -2.30. The average Bonchev–Trinajstić information content (AvgIpc) is 2.31. The van der Waals surface area contributed by atoms with Crippen LogP contribution in [-0.2, 0) is 11.3 Å². The van der Waals surface area contributed by atoms with Crippen molar-refractivity contribution in [2.75, 3.05) is 20.2 Å². The third-order valence-electron chi connectivity index (χ3n) is 2.55. The van der Waals surface area contributed by atoms with Crippen molar-refractivity contribution in [1.82, 2.24) is 4.90 Å². The van der Waals surface area contributed by atoms with Gasteiger partial charge in [0.2, 0.25) is 0 Å². The second-order valence-corrected chi connectivity index (χ2v) is 4.06. The molecule has 1 aromatic rings. The van der Waals surface area contributed by atoms with Crippen LogP contribution >= 0.6 is 0 Å². The zero-order chi connectivity index (χ0) is 13.5. The molecular formula is C13H18FNO3. The van der Waals surface area contributed by atoms with E-state index in [2.05, 4.69) is 0 Å². The predicted molar refractivity (Wildman–Crippen MR) is 66.2 cm³/mol. The number of carboxylic acids is 1. The normalized spacial score (nSPS) is 10.7. The summed E-state index contributed by atoms with van der Waals surface area (Å²) >= 11 is 0. The van der Waals surface area contributed by atoms with Crippen molar-refractivity contribution >= 4 is 5.97 Å². The minimum atomic E-state index is -0.910. The van der Waals surface area contributed by atoms with Crippen LogP contribution in [0.25, 0.3) is 0 Å². The van der Waals surface area contributed by atoms with Gasteiger partial charge in [0, 0.05) is 12.1 Å². The topological polar surface area (TPSA) is 49.8 Å². The molecule has 0 saturated heterocycles. The molecule has 0 radical (unpaired) electrons. The second kappa shape index (κ2) is 6.96. The van der Waals surface area contributed by atoms with Crippen molar-refractivity contribution in [2.45, 2.75) is 19.9 Å². The van der Waals surface area contributed by atoms with Crippen LogP contribution in [0, 0.1) is 5.82 Å². The maximum Gasteiger partial charge on any atom is 0.317 e. The molecule has 5 heteroatoms. The van der Waals surface area contributed by atoms with Crippen molar-refractivity contribution < 1.29 is 19.0 Å². The average molecular weight is 255 g/mol. The van der Waals surface area contributed by atoms with Crippen LogP contribution in [0.3, 0.4) is 0 Å². The van der Waals surface area contributed by atoms with Crippen LogP contribution in [0.15, 0.2) is 18.2 Å². The Kier molecular flexibility index (Phi) is 5.58. The largest absolute Gasteiger partial charge is 0.497 e. The molecular weight excluding hydrogens is 237 g/mol. The van der Waals surface area contributed by atoms with Crippen LogP contribution in [0.5, 0.6) is 5.75 Å². The molecule has 4 nitrogen and oxygen atoms in total. The lowest BCUT2D eigenvalue weighted by molar-refractivity contribution is -0.138. The number of nitrogens with zero attached hydrogens (tertiary/aromatic N) is 1. The van der Waals surface area contributed by atoms with E-state index in [0.29, 0.717) is 17.9 Å². The number of ether oxygens (including phenoxy) is 1. The summed E-state index contributed by atoms with van der Waals surface area (Å²) in [5.41, 5.74) is 0.448. The smallest absolute Gasteiger partial charge is 0.317 e. The van der Waals surface area contributed by atoms with Crippen LogP contribution < -0.4 is 4.74 Å². The molecule has 1 aromatic carbocycles. The standard InChI is InChI=1S/C13H18FNO3/c1-3-6-15(9-13(16)17)8-10-7-11(18-2)4-5-12(10)14/h4-5,7H,3,6,8-9H2,1-2H3,(H,16,17). The summed E-state index contributed by atoms with van der Waals surface area (Å²) in [4.78, 5) is 12.4. The summed E-state index contributed by atoms with van der Waals surface area (Å²) in [6, 6.07) is 4.47. The third kappa shape index (κ3) is 4.33. The molecule has 18 heavy (non-hydrogen) atoms. The molecule has 1 N–H and O–H groups in total. The van der Waals surface area contributed by atoms with Crippen molar-refractivity contribution in [2.24, 2.45) is 0 Å². The van der Waals surface area contributed by atoms with Crippen molar-refractivity contribution in [3.05, 3.63) is 29.6 Å². The number of hydrogen-bond acceptors (Lipinski definition) is 3. The zero-order valence-corrected chi connectivity index (χ0v) is 10.6. The third-order valence-corrected chi connectivity index (χ3v) is 2.55. The van der Waals surface area contributed by atoms with Gasteiger partial charge in [-0.05, 0) is 31.2 Å². The molecule has 0 heterocycles. The summed E-state index contributed by atoms with van der Waals surface area (Å²) < 4.78 is 18.6. The molecule has 0 spiro atoms. The maximum atomic E-state index is 13.6. The molecule has 0 bridgehead atoms. The summed E-state index contributed by atoms with van der Waals surface area (Å²) in [5, 5.41) is 8.80. The van der Waals surface area contributed by atoms with E-state index < -0.39 is 5.97 Å². The van der Waals surface area contributed by atoms with Gasteiger partial charge in [0.05, 0.1) is 13.7 Å². The van der Waals surface area contributed by atoms with Gasteiger partial charge in [0.15, 0.2) is 0 Å². The highest BCUT2D eigenvalue weighted by Gasteiger charge is 2.12. The lowest BCUT2D eigenvalue weighted by atomic mass is 10.2. The molecule has 0 atom stereocenters. The van der Waals surface area contributed by atoms with Gasteiger partial charge in [-0.15, -0.1) is 0 Å². The van der Waals surface area contributed by atoms with Gasteiger partial charge in [-0.3, -0.25) is 9.69 Å². The Morgan fingerprint density at radius 1 is 1.50 bits per heavy atom. The number of carbonyl (C=O) groups is 1. The minimum absolute atomic E-state index is 0.0928. The number of carboxylic acid groups (broad SMARTS) is 1. The SMILES string of the molecule is CCCN(CC(=O)O)Cc1cc(OC)ccc1F. The first-order valence-corrected chi connectivity index (χ1v) is 5.83. The Balaban J connectivity index is 2.81. The van der Waals surface area contributed by atoms with E-state index in [1.807, 2.05) is 6.92 Å². The predicted octanol–water partition coefficient (Wildman–Crippen LogP) is 2.13. The molecule has 100 valence electrons. The van der Waals surface area contributed by atoms with Gasteiger partial charge in [0.1, 0.15) is 11.6 Å². The molecule has 0 fully saturated rings. The Labute approximate surface area is 106 Å². The summed E-state index contributed by atoms with van der Waals surface area (Å²) in [7, 11) is 1.51. The van der Waals surface area contributed by atoms with Crippen molar-refractivity contribution in [3.8, 4) is 5.75 Å². The van der Waals surface area contributed by atoms with E-state index in [-0.39, 0.29) is 18.9 Å². The Morgan fingerprint density at radius 2 is 2.22 bits per heavy atom. The van der Waals surface area contributed by atoms with Gasteiger partial charge in [-0.2, -0.15) is 0 Å². The second-order valence-electron chi connectivity index (χ2n) is 4.06. The number of methoxy groups -OCH3 is 1. The monoisotopic (exact) mass is 255 g/mol. The van der Waals surface area contributed by atoms with E-state index >= 15 is 0 Å². The number of benzene rings is 1. The Bertz CT molecular complexity index is 409. The van der Waals surface area contributed by atoms with Gasteiger partial charge in [-0.1, -0.05) is 6.92 Å². The van der Waals surface area contributed by atoms with Crippen LogP contribution in [0.1, 0.15) is 18.9 Å². The van der Waals surface area contributed by atoms with Crippen molar-refractivity contribution in [1.29, 1.82) is 0 Å². The Hall–Kier alpha value is -1.62. The molecule has 0 aliphatic heterocycles. The first-order chi connectivity index (χ1) is 8.56. The highest BCUT2D eigenvalue weighted by atomic mass is 19.1. The molecule has 0 saturated carbocycles. The number of hydrogen-bond donors (Lipinski definition) is 1. The van der Waals surface area contributed by atoms with Crippen LogP contribution in [-0.4, -0.2) is 36.2 Å². The van der Waals surface area contributed by atoms with Crippen LogP contribution in [0.2, 0.25) is 0 Å². The molecule has 0 amide bonds. The molecule has 0 aliphatic carbocycles. The van der Waals surface area contributed by atoms with Gasteiger partial charge < -0.3 is 9.84 Å². The quantitative estimate of drug-likeness (QED) is 0.811. The van der Waals surface area contributed by atoms with E-state index in [1.165, 1.54) is 13.2 Å². The minimum Gasteiger partial charge on any atom is -0.497 e. The van der Waals surface area contributed by atoms with E-state index in [9.17, 15) is 9.18 Å². The first-order valence-electron chi connectivity index (χ1n) is 5.83. The summed E-state index contributed by atoms with van der Waals surface area (Å²) in [6.45, 7) is 2.74. The van der Waals surface area contributed by atoms with Gasteiger partial charge in [0.25, 0.3) is 0 Å². The van der Waals surface area contributed by atoms with Crippen LogP contribution in [0.4, 0.5) is 4.39 Å². The highest BCUT2D eigenvalue weighted by Crippen LogP contribution is 2.18. The molecule has 0 aromatic heterocycles. The first kappa shape index (κ1) is 14.4. The summed E-state index contributed by atoms with van der Waals surface area (Å²) in [5.74, 6) is -0.688. The highest BCUT2D eigenvalue weighted by molar-refractivity contribution is 5.69. The number of aliphatic carboxylic acids is 1. The fourth-order valence-electron chi connectivity index (χ4n) is 1.76. The van der Waals surface area contributed by atoms with Gasteiger partial charge in [-0.25, -0.2) is 4.39 Å². The van der Waals surface area contributed by atoms with Crippen molar-refractivity contribution in [3.63, 3.8) is 0 Å². The zero-order valence-electron chi connectivity index (χ0n) is 10.6. The van der Waals surface area contributed by atoms with Gasteiger partial charge >= 0.3 is 5.97 Å². The lowest BCUT2D eigenvalue weighted by Gasteiger charge is -2.20. The maximum absolute atomic E-state index is 13.6. The van der Waals surface area contributed by atoms with E-state index in [0.717, 1.165) is 6.42 Å². The fraction of sp³-hybridized carbons (Fsp3) is 0.462. The summed E-state index contributed by atoms with van der Waals surface area (Å²) in [6.07, 6.45) is 0.818. The van der Waals surface area contributed by atoms with E-state index in [4.69, 9.17) is 9.84 Å². The number of rotatable bonds is 7. The molecule has 1 rings (SSSR count). The number of halogens is 1. The molecule has 0 unspecified atom stereocenters. The fourth-order valence-corrected chi connectivity index (χ4v) is 1.76. The Morgan fingerprint density at radius 3 is 2.78 bits per heavy atom. The molecule has 0 aliphatic rings. The van der Waals surface area contributed by atoms with E-state index in [1.54, 1.807) is 17.0 Å².